The highest BCUT2D eigenvalue weighted by Gasteiger charge is 2.38. The van der Waals surface area contributed by atoms with Crippen LogP contribution in [0.1, 0.15) is 19.3 Å². The van der Waals surface area contributed by atoms with Gasteiger partial charge >= 0.3 is 0 Å². The highest BCUT2D eigenvalue weighted by Crippen LogP contribution is 2.36. The van der Waals surface area contributed by atoms with Crippen LogP contribution >= 0.6 is 0 Å². The normalized spacial score (nSPS) is 19.8. The summed E-state index contributed by atoms with van der Waals surface area (Å²) >= 11 is 0. The molecule has 86 valence electrons. The Labute approximate surface area is 92.2 Å². The van der Waals surface area contributed by atoms with Crippen LogP contribution in [0, 0.1) is 0 Å². The summed E-state index contributed by atoms with van der Waals surface area (Å²) in [5, 5.41) is 2.98. The third-order valence-electron chi connectivity index (χ3n) is 3.20. The van der Waals surface area contributed by atoms with Gasteiger partial charge < -0.3 is 16.0 Å². The molecule has 1 aliphatic carbocycles. The minimum atomic E-state index is 0.250. The van der Waals surface area contributed by atoms with Crippen LogP contribution in [-0.2, 0) is 0 Å². The summed E-state index contributed by atoms with van der Waals surface area (Å²) in [5.74, 6) is 0.517. The molecule has 3 N–H and O–H groups in total. The molecule has 1 rings (SSSR count). The van der Waals surface area contributed by atoms with Gasteiger partial charge in [0, 0.05) is 12.1 Å². The second kappa shape index (κ2) is 5.16. The van der Waals surface area contributed by atoms with Crippen molar-refractivity contribution in [3.8, 4) is 0 Å². The average molecular weight is 210 g/mol. The van der Waals surface area contributed by atoms with Crippen LogP contribution in [0.25, 0.3) is 0 Å². The molecule has 15 heavy (non-hydrogen) atoms. The Kier molecular flexibility index (Phi) is 4.15. The quantitative estimate of drug-likeness (QED) is 0.396. The maximum Gasteiger partial charge on any atom is 0.188 e. The molecule has 0 spiro atoms. The molecule has 0 aromatic heterocycles. The first kappa shape index (κ1) is 12.0. The molecule has 1 saturated carbocycles. The second-order valence-corrected chi connectivity index (χ2v) is 4.34. The van der Waals surface area contributed by atoms with E-state index in [0.29, 0.717) is 12.5 Å². The zero-order valence-electron chi connectivity index (χ0n) is 9.79. The molecule has 0 aliphatic heterocycles. The monoisotopic (exact) mass is 210 g/mol. The van der Waals surface area contributed by atoms with Crippen LogP contribution in [0.15, 0.2) is 17.6 Å². The first-order valence-electron chi connectivity index (χ1n) is 5.43. The van der Waals surface area contributed by atoms with E-state index in [1.54, 1.807) is 6.08 Å². The standard InChI is InChI=1S/C11H22N4/c1-4-8-13-10(12)14-9-11(15(2)3)6-5-7-11/h4H,1,5-9H2,2-3H3,(H3,12,13,14). The molecular formula is C11H22N4. The van der Waals surface area contributed by atoms with E-state index in [0.717, 1.165) is 6.54 Å². The maximum absolute atomic E-state index is 5.72. The second-order valence-electron chi connectivity index (χ2n) is 4.34. The summed E-state index contributed by atoms with van der Waals surface area (Å²) in [7, 11) is 4.23. The molecule has 0 heterocycles. The molecule has 0 saturated heterocycles. The topological polar surface area (TPSA) is 53.6 Å². The summed E-state index contributed by atoms with van der Waals surface area (Å²) < 4.78 is 0. The minimum Gasteiger partial charge on any atom is -0.370 e. The molecule has 0 bridgehead atoms. The molecule has 0 atom stereocenters. The van der Waals surface area contributed by atoms with E-state index < -0.39 is 0 Å². The summed E-state index contributed by atoms with van der Waals surface area (Å²) in [6.07, 6.45) is 5.51. The number of nitrogens with one attached hydrogen (secondary N) is 1. The van der Waals surface area contributed by atoms with Crippen molar-refractivity contribution in [2.24, 2.45) is 10.7 Å². The van der Waals surface area contributed by atoms with E-state index in [1.807, 2.05) is 0 Å². The van der Waals surface area contributed by atoms with Crippen molar-refractivity contribution in [2.75, 3.05) is 27.2 Å². The van der Waals surface area contributed by atoms with Crippen molar-refractivity contribution >= 4 is 5.96 Å². The Hall–Kier alpha value is -1.03. The largest absolute Gasteiger partial charge is 0.370 e. The van der Waals surface area contributed by atoms with Gasteiger partial charge in [-0.15, -0.1) is 6.58 Å². The van der Waals surface area contributed by atoms with Gasteiger partial charge in [0.05, 0.1) is 6.54 Å². The van der Waals surface area contributed by atoms with Crippen LogP contribution in [0.3, 0.4) is 0 Å². The molecule has 4 nitrogen and oxygen atoms in total. The summed E-state index contributed by atoms with van der Waals surface area (Å²) in [6.45, 7) is 5.07. The van der Waals surface area contributed by atoms with Gasteiger partial charge in [0.1, 0.15) is 0 Å². The van der Waals surface area contributed by atoms with Crippen LogP contribution in [0.2, 0.25) is 0 Å². The molecule has 0 radical (unpaired) electrons. The molecule has 0 unspecified atom stereocenters. The lowest BCUT2D eigenvalue weighted by molar-refractivity contribution is 0.0699. The summed E-state index contributed by atoms with van der Waals surface area (Å²) in [6, 6.07) is 0. The van der Waals surface area contributed by atoms with Gasteiger partial charge in [-0.25, -0.2) is 0 Å². The van der Waals surface area contributed by atoms with Crippen molar-refractivity contribution in [3.05, 3.63) is 12.7 Å². The van der Waals surface area contributed by atoms with Gasteiger partial charge in [-0.2, -0.15) is 0 Å². The first-order valence-corrected chi connectivity index (χ1v) is 5.43. The third kappa shape index (κ3) is 2.96. The van der Waals surface area contributed by atoms with Crippen molar-refractivity contribution in [3.63, 3.8) is 0 Å². The molecule has 4 heteroatoms. The predicted octanol–water partition coefficient (Wildman–Crippen LogP) is 0.561. The highest BCUT2D eigenvalue weighted by atomic mass is 15.2. The van der Waals surface area contributed by atoms with Crippen LogP contribution in [0.5, 0.6) is 0 Å². The Balaban J connectivity index is 2.42. The van der Waals surface area contributed by atoms with E-state index in [4.69, 9.17) is 5.73 Å². The lowest BCUT2D eigenvalue weighted by atomic mass is 9.76. The Morgan fingerprint density at radius 3 is 2.67 bits per heavy atom. The fourth-order valence-corrected chi connectivity index (χ4v) is 1.80. The lowest BCUT2D eigenvalue weighted by Crippen LogP contribution is -2.53. The average Bonchev–Trinajstić information content (AvgIpc) is 2.12. The van der Waals surface area contributed by atoms with Gasteiger partial charge in [-0.1, -0.05) is 6.08 Å². The summed E-state index contributed by atoms with van der Waals surface area (Å²) in [4.78, 5) is 6.64. The van der Waals surface area contributed by atoms with Gasteiger partial charge in [-0.05, 0) is 33.4 Å². The zero-order chi connectivity index (χ0) is 11.3. The zero-order valence-corrected chi connectivity index (χ0v) is 9.79. The molecule has 0 aromatic rings. The SMILES string of the molecule is C=CCNC(N)=NCC1(N(C)C)CCC1. The maximum atomic E-state index is 5.72. The number of likely N-dealkylation sites (N-methyl/N-ethyl adjacent to an activating group) is 1. The van der Waals surface area contributed by atoms with Crippen molar-refractivity contribution in [1.82, 2.24) is 10.2 Å². The Morgan fingerprint density at radius 2 is 2.27 bits per heavy atom. The van der Waals surface area contributed by atoms with Crippen molar-refractivity contribution in [2.45, 2.75) is 24.8 Å². The van der Waals surface area contributed by atoms with E-state index >= 15 is 0 Å². The fraction of sp³-hybridized carbons (Fsp3) is 0.727. The van der Waals surface area contributed by atoms with E-state index in [-0.39, 0.29) is 5.54 Å². The van der Waals surface area contributed by atoms with Crippen LogP contribution in [0.4, 0.5) is 0 Å². The van der Waals surface area contributed by atoms with Gasteiger partial charge in [0.15, 0.2) is 5.96 Å². The number of hydrogen-bond acceptors (Lipinski definition) is 2. The number of nitrogens with two attached hydrogens (primary N) is 1. The molecular weight excluding hydrogens is 188 g/mol. The fourth-order valence-electron chi connectivity index (χ4n) is 1.80. The van der Waals surface area contributed by atoms with Crippen LogP contribution < -0.4 is 11.1 Å². The van der Waals surface area contributed by atoms with Crippen LogP contribution in [-0.4, -0.2) is 43.6 Å². The Morgan fingerprint density at radius 1 is 1.60 bits per heavy atom. The molecule has 0 aromatic carbocycles. The van der Waals surface area contributed by atoms with Crippen molar-refractivity contribution in [1.29, 1.82) is 0 Å². The minimum absolute atomic E-state index is 0.250. The van der Waals surface area contributed by atoms with E-state index in [2.05, 4.69) is 35.9 Å². The Bertz CT molecular complexity index is 241. The van der Waals surface area contributed by atoms with Gasteiger partial charge in [0.2, 0.25) is 0 Å². The number of nitrogens with zero attached hydrogens (tertiary/aromatic N) is 2. The van der Waals surface area contributed by atoms with Gasteiger partial charge in [0.25, 0.3) is 0 Å². The number of hydrogen-bond donors (Lipinski definition) is 2. The summed E-state index contributed by atoms with van der Waals surface area (Å²) in [5.41, 5.74) is 5.97. The number of rotatable bonds is 5. The first-order chi connectivity index (χ1) is 7.10. The van der Waals surface area contributed by atoms with E-state index in [9.17, 15) is 0 Å². The lowest BCUT2D eigenvalue weighted by Gasteiger charge is -2.46. The predicted molar refractivity (Wildman–Crippen MR) is 65.0 cm³/mol. The molecule has 0 amide bonds. The van der Waals surface area contributed by atoms with Gasteiger partial charge in [-0.3, -0.25) is 4.99 Å². The number of guanidine groups is 1. The third-order valence-corrected chi connectivity index (χ3v) is 3.20. The molecule has 1 fully saturated rings. The number of aliphatic imine (C=N–C) groups is 1. The highest BCUT2D eigenvalue weighted by molar-refractivity contribution is 5.77. The van der Waals surface area contributed by atoms with E-state index in [1.165, 1.54) is 19.3 Å². The molecule has 1 aliphatic rings. The van der Waals surface area contributed by atoms with Crippen molar-refractivity contribution < 1.29 is 0 Å². The smallest absolute Gasteiger partial charge is 0.188 e.